The van der Waals surface area contributed by atoms with Crippen LogP contribution in [0.4, 0.5) is 5.69 Å². The molecule has 2 amide bonds. The minimum atomic E-state index is -0.893. The Morgan fingerprint density at radius 3 is 2.48 bits per heavy atom. The van der Waals surface area contributed by atoms with Crippen molar-refractivity contribution in [1.82, 2.24) is 10.4 Å². The van der Waals surface area contributed by atoms with Crippen LogP contribution in [-0.2, 0) is 9.59 Å². The maximum atomic E-state index is 13.2. The van der Waals surface area contributed by atoms with Gasteiger partial charge in [-0.15, -0.1) is 0 Å². The number of anilines is 1. The average molecular weight is 446 g/mol. The highest BCUT2D eigenvalue weighted by Gasteiger charge is 2.28. The van der Waals surface area contributed by atoms with E-state index in [2.05, 4.69) is 15.5 Å². The molecule has 0 aliphatic rings. The number of pyridine rings is 1. The molecule has 0 radical (unpaired) electrons. The van der Waals surface area contributed by atoms with Crippen LogP contribution in [-0.4, -0.2) is 49.6 Å². The van der Waals surface area contributed by atoms with Gasteiger partial charge in [-0.25, -0.2) is 5.43 Å². The third kappa shape index (κ3) is 6.01. The molecule has 1 aromatic heterocycles. The molecule has 3 rings (SSSR count). The number of nitrogens with zero attached hydrogens (tertiary/aromatic N) is 3. The van der Waals surface area contributed by atoms with E-state index in [0.29, 0.717) is 11.3 Å². The Hall–Kier alpha value is -4.53. The van der Waals surface area contributed by atoms with Gasteiger partial charge in [-0.1, -0.05) is 36.4 Å². The molecule has 0 atom stereocenters. The van der Waals surface area contributed by atoms with Crippen LogP contribution in [0.1, 0.15) is 15.9 Å². The normalized spacial score (nSPS) is 10.5. The molecule has 0 aliphatic heterocycles. The summed E-state index contributed by atoms with van der Waals surface area (Å²) >= 11 is 0. The van der Waals surface area contributed by atoms with Crippen LogP contribution < -0.4 is 19.8 Å². The molecule has 33 heavy (non-hydrogen) atoms. The highest BCUT2D eigenvalue weighted by Crippen LogP contribution is 2.32. The number of hydrazone groups is 1. The summed E-state index contributed by atoms with van der Waals surface area (Å²) in [5.41, 5.74) is 3.48. The fourth-order valence-electron chi connectivity index (χ4n) is 2.92. The molecule has 9 nitrogen and oxygen atoms in total. The fourth-order valence-corrected chi connectivity index (χ4v) is 2.92. The quantitative estimate of drug-likeness (QED) is 0.234. The molecule has 0 saturated heterocycles. The van der Waals surface area contributed by atoms with E-state index in [-0.39, 0.29) is 17.0 Å². The summed E-state index contributed by atoms with van der Waals surface area (Å²) in [4.78, 5) is 43.6. The summed E-state index contributed by atoms with van der Waals surface area (Å²) in [5, 5.41) is 3.88. The number of aromatic nitrogens is 1. The van der Waals surface area contributed by atoms with Gasteiger partial charge in [-0.2, -0.15) is 5.10 Å². The van der Waals surface area contributed by atoms with Crippen molar-refractivity contribution in [3.8, 4) is 11.5 Å². The molecule has 0 fully saturated rings. The SMILES string of the molecule is COc1ccc(N(CC(=O)N/N=C/c2cccnc2)C(=O)C(=O)c2ccccc2)c(OC)c1. The number of hydrogen-bond acceptors (Lipinski definition) is 7. The number of carbonyl (C=O) groups is 3. The van der Waals surface area contributed by atoms with Crippen molar-refractivity contribution in [1.29, 1.82) is 0 Å². The van der Waals surface area contributed by atoms with Crippen LogP contribution in [0.25, 0.3) is 0 Å². The van der Waals surface area contributed by atoms with Crippen molar-refractivity contribution in [3.05, 3.63) is 84.2 Å². The predicted octanol–water partition coefficient (Wildman–Crippen LogP) is 2.47. The van der Waals surface area contributed by atoms with E-state index in [1.54, 1.807) is 60.9 Å². The molecular weight excluding hydrogens is 424 g/mol. The standard InChI is InChI=1S/C24H22N4O5/c1-32-19-10-11-20(21(13-19)33-2)28(24(31)23(30)18-8-4-3-5-9-18)16-22(29)27-26-15-17-7-6-12-25-14-17/h3-15H,16H2,1-2H3,(H,27,29)/b26-15+. The molecule has 1 heterocycles. The van der Waals surface area contributed by atoms with Crippen molar-refractivity contribution in [3.63, 3.8) is 0 Å². The van der Waals surface area contributed by atoms with Crippen LogP contribution >= 0.6 is 0 Å². The van der Waals surface area contributed by atoms with E-state index >= 15 is 0 Å². The van der Waals surface area contributed by atoms with E-state index < -0.39 is 24.1 Å². The first-order valence-electron chi connectivity index (χ1n) is 9.88. The summed E-state index contributed by atoms with van der Waals surface area (Å²) in [6.45, 7) is -0.468. The van der Waals surface area contributed by atoms with Gasteiger partial charge in [0.25, 0.3) is 17.6 Å². The number of benzene rings is 2. The third-order valence-corrected chi connectivity index (χ3v) is 4.54. The molecule has 2 aromatic carbocycles. The molecule has 0 unspecified atom stereocenters. The zero-order valence-corrected chi connectivity index (χ0v) is 18.1. The first-order valence-corrected chi connectivity index (χ1v) is 9.88. The summed E-state index contributed by atoms with van der Waals surface area (Å²) in [5.74, 6) is -1.52. The Morgan fingerprint density at radius 1 is 1.03 bits per heavy atom. The first-order chi connectivity index (χ1) is 16.0. The fraction of sp³-hybridized carbons (Fsp3) is 0.125. The Kier molecular flexibility index (Phi) is 7.85. The zero-order valence-electron chi connectivity index (χ0n) is 18.1. The van der Waals surface area contributed by atoms with Gasteiger partial charge in [0.2, 0.25) is 0 Å². The number of ketones is 1. The van der Waals surface area contributed by atoms with Gasteiger partial charge < -0.3 is 9.47 Å². The highest BCUT2D eigenvalue weighted by atomic mass is 16.5. The molecular formula is C24H22N4O5. The van der Waals surface area contributed by atoms with E-state index in [9.17, 15) is 14.4 Å². The maximum absolute atomic E-state index is 13.2. The topological polar surface area (TPSA) is 110 Å². The van der Waals surface area contributed by atoms with Crippen LogP contribution in [0, 0.1) is 0 Å². The molecule has 0 aliphatic carbocycles. The average Bonchev–Trinajstić information content (AvgIpc) is 2.87. The van der Waals surface area contributed by atoms with Crippen LogP contribution in [0.2, 0.25) is 0 Å². The van der Waals surface area contributed by atoms with Crippen LogP contribution in [0.3, 0.4) is 0 Å². The smallest absolute Gasteiger partial charge is 0.299 e. The van der Waals surface area contributed by atoms with Gasteiger partial charge in [0.15, 0.2) is 0 Å². The number of carbonyl (C=O) groups excluding carboxylic acids is 3. The van der Waals surface area contributed by atoms with Gasteiger partial charge in [0, 0.05) is 29.6 Å². The Balaban J connectivity index is 1.87. The second kappa shape index (κ2) is 11.2. The summed E-state index contributed by atoms with van der Waals surface area (Å²) in [6.07, 6.45) is 4.61. The van der Waals surface area contributed by atoms with E-state index in [0.717, 1.165) is 4.90 Å². The molecule has 0 saturated carbocycles. The van der Waals surface area contributed by atoms with E-state index in [1.165, 1.54) is 32.6 Å². The largest absolute Gasteiger partial charge is 0.497 e. The van der Waals surface area contributed by atoms with Crippen molar-refractivity contribution in [2.24, 2.45) is 5.10 Å². The van der Waals surface area contributed by atoms with Crippen molar-refractivity contribution in [2.45, 2.75) is 0 Å². The van der Waals surface area contributed by atoms with Gasteiger partial charge in [-0.05, 0) is 18.2 Å². The lowest BCUT2D eigenvalue weighted by molar-refractivity contribution is -0.122. The van der Waals surface area contributed by atoms with Gasteiger partial charge >= 0.3 is 0 Å². The van der Waals surface area contributed by atoms with Crippen molar-refractivity contribution >= 4 is 29.5 Å². The minimum Gasteiger partial charge on any atom is -0.497 e. The van der Waals surface area contributed by atoms with Gasteiger partial charge in [0.05, 0.1) is 26.1 Å². The Labute approximate surface area is 190 Å². The second-order valence-corrected chi connectivity index (χ2v) is 6.70. The third-order valence-electron chi connectivity index (χ3n) is 4.54. The molecule has 0 spiro atoms. The number of ether oxygens (including phenoxy) is 2. The zero-order chi connectivity index (χ0) is 23.6. The summed E-state index contributed by atoms with van der Waals surface area (Å²) in [6, 6.07) is 16.3. The number of rotatable bonds is 9. The number of Topliss-reactive ketones (excluding diaryl/α,β-unsaturated/α-hetero) is 1. The number of hydrogen-bond donors (Lipinski definition) is 1. The predicted molar refractivity (Wildman–Crippen MR) is 123 cm³/mol. The lowest BCUT2D eigenvalue weighted by Crippen LogP contribution is -2.43. The molecule has 168 valence electrons. The lowest BCUT2D eigenvalue weighted by atomic mass is 10.1. The highest BCUT2D eigenvalue weighted by molar-refractivity contribution is 6.47. The lowest BCUT2D eigenvalue weighted by Gasteiger charge is -2.23. The number of methoxy groups -OCH3 is 2. The molecule has 0 bridgehead atoms. The Bertz CT molecular complexity index is 1150. The van der Waals surface area contributed by atoms with Crippen LogP contribution in [0.5, 0.6) is 11.5 Å². The molecule has 9 heteroatoms. The molecule has 3 aromatic rings. The van der Waals surface area contributed by atoms with Crippen molar-refractivity contribution < 1.29 is 23.9 Å². The first kappa shape index (κ1) is 23.1. The monoisotopic (exact) mass is 446 g/mol. The van der Waals surface area contributed by atoms with Gasteiger partial charge in [0.1, 0.15) is 18.0 Å². The maximum Gasteiger partial charge on any atom is 0.299 e. The summed E-state index contributed by atoms with van der Waals surface area (Å²) in [7, 11) is 2.90. The van der Waals surface area contributed by atoms with Crippen LogP contribution in [0.15, 0.2) is 78.2 Å². The number of nitrogens with one attached hydrogen (secondary N) is 1. The molecule has 1 N–H and O–H groups in total. The van der Waals surface area contributed by atoms with Gasteiger partial charge in [-0.3, -0.25) is 24.3 Å². The summed E-state index contributed by atoms with van der Waals surface area (Å²) < 4.78 is 10.6. The minimum absolute atomic E-state index is 0.204. The van der Waals surface area contributed by atoms with E-state index in [1.807, 2.05) is 0 Å². The number of amides is 2. The Morgan fingerprint density at radius 2 is 1.82 bits per heavy atom. The van der Waals surface area contributed by atoms with Crippen molar-refractivity contribution in [2.75, 3.05) is 25.7 Å². The van der Waals surface area contributed by atoms with E-state index in [4.69, 9.17) is 9.47 Å². The second-order valence-electron chi connectivity index (χ2n) is 6.70.